The molecule has 2 aromatic rings. The van der Waals surface area contributed by atoms with Gasteiger partial charge in [0.2, 0.25) is 5.95 Å². The van der Waals surface area contributed by atoms with Gasteiger partial charge in [0.25, 0.3) is 5.91 Å². The third-order valence-electron chi connectivity index (χ3n) is 2.48. The molecule has 1 N–H and O–H groups in total. The molecule has 0 fully saturated rings. The summed E-state index contributed by atoms with van der Waals surface area (Å²) in [6.07, 6.45) is 1.49. The van der Waals surface area contributed by atoms with Gasteiger partial charge in [0.1, 0.15) is 5.15 Å². The van der Waals surface area contributed by atoms with Gasteiger partial charge < -0.3 is 0 Å². The standard InChI is InChI=1S/C13H12ClN3O/c1-8-3-4-9(2)10(7-8)12(18)17-13-15-6-5-11(14)16-13/h3-7H,1-2H3,(H,15,16,17,18). The Morgan fingerprint density at radius 1 is 1.28 bits per heavy atom. The van der Waals surface area contributed by atoms with Crippen LogP contribution in [0.5, 0.6) is 0 Å². The van der Waals surface area contributed by atoms with Gasteiger partial charge in [0.15, 0.2) is 0 Å². The molecule has 0 radical (unpaired) electrons. The van der Waals surface area contributed by atoms with Crippen LogP contribution < -0.4 is 5.32 Å². The molecule has 0 saturated heterocycles. The number of aryl methyl sites for hydroxylation is 2. The largest absolute Gasteiger partial charge is 0.290 e. The second-order valence-electron chi connectivity index (χ2n) is 3.98. The molecule has 1 amide bonds. The molecule has 4 nitrogen and oxygen atoms in total. The van der Waals surface area contributed by atoms with Crippen LogP contribution in [0.3, 0.4) is 0 Å². The van der Waals surface area contributed by atoms with E-state index in [1.807, 2.05) is 32.0 Å². The molecule has 0 aliphatic rings. The number of hydrogen-bond acceptors (Lipinski definition) is 3. The van der Waals surface area contributed by atoms with E-state index in [4.69, 9.17) is 11.6 Å². The maximum absolute atomic E-state index is 12.1. The van der Waals surface area contributed by atoms with Crippen LogP contribution in [0.1, 0.15) is 21.5 Å². The molecule has 0 aliphatic heterocycles. The lowest BCUT2D eigenvalue weighted by atomic mass is 10.1. The molecule has 0 saturated carbocycles. The minimum absolute atomic E-state index is 0.202. The first-order valence-electron chi connectivity index (χ1n) is 5.43. The average molecular weight is 262 g/mol. The van der Waals surface area contributed by atoms with E-state index in [-0.39, 0.29) is 11.9 Å². The van der Waals surface area contributed by atoms with Crippen molar-refractivity contribution in [2.24, 2.45) is 0 Å². The Morgan fingerprint density at radius 2 is 2.06 bits per heavy atom. The number of nitrogens with zero attached hydrogens (tertiary/aromatic N) is 2. The normalized spacial score (nSPS) is 10.2. The molecule has 1 heterocycles. The summed E-state index contributed by atoms with van der Waals surface area (Å²) in [5.41, 5.74) is 2.54. The maximum atomic E-state index is 12.1. The van der Waals surface area contributed by atoms with E-state index in [1.165, 1.54) is 6.20 Å². The van der Waals surface area contributed by atoms with Gasteiger partial charge in [-0.25, -0.2) is 9.97 Å². The first-order chi connectivity index (χ1) is 8.56. The van der Waals surface area contributed by atoms with Gasteiger partial charge in [-0.2, -0.15) is 0 Å². The predicted octanol–water partition coefficient (Wildman–Crippen LogP) is 3.00. The van der Waals surface area contributed by atoms with E-state index in [2.05, 4.69) is 15.3 Å². The van der Waals surface area contributed by atoms with Crippen molar-refractivity contribution in [3.63, 3.8) is 0 Å². The molecule has 0 spiro atoms. The number of amides is 1. The molecule has 1 aromatic heterocycles. The second-order valence-corrected chi connectivity index (χ2v) is 4.36. The van der Waals surface area contributed by atoms with Gasteiger partial charge >= 0.3 is 0 Å². The number of anilines is 1. The summed E-state index contributed by atoms with van der Waals surface area (Å²) in [5, 5.41) is 2.91. The lowest BCUT2D eigenvalue weighted by Gasteiger charge is -2.07. The van der Waals surface area contributed by atoms with Crippen molar-refractivity contribution in [2.75, 3.05) is 5.32 Å². The summed E-state index contributed by atoms with van der Waals surface area (Å²) in [6, 6.07) is 7.25. The zero-order chi connectivity index (χ0) is 13.1. The molecule has 92 valence electrons. The van der Waals surface area contributed by atoms with Crippen LogP contribution in [-0.4, -0.2) is 15.9 Å². The van der Waals surface area contributed by atoms with Gasteiger partial charge in [-0.3, -0.25) is 10.1 Å². The zero-order valence-electron chi connectivity index (χ0n) is 10.1. The van der Waals surface area contributed by atoms with E-state index in [0.717, 1.165) is 11.1 Å². The van der Waals surface area contributed by atoms with Crippen LogP contribution in [0.4, 0.5) is 5.95 Å². The minimum Gasteiger partial charge on any atom is -0.290 e. The number of aromatic nitrogens is 2. The Balaban J connectivity index is 2.24. The Kier molecular flexibility index (Phi) is 3.58. The highest BCUT2D eigenvalue weighted by atomic mass is 35.5. The van der Waals surface area contributed by atoms with Crippen molar-refractivity contribution in [1.29, 1.82) is 0 Å². The van der Waals surface area contributed by atoms with Crippen molar-refractivity contribution in [2.45, 2.75) is 13.8 Å². The predicted molar refractivity (Wildman–Crippen MR) is 70.9 cm³/mol. The summed E-state index contributed by atoms with van der Waals surface area (Å²) >= 11 is 5.73. The van der Waals surface area contributed by atoms with Crippen LogP contribution in [0.15, 0.2) is 30.5 Å². The summed E-state index contributed by atoms with van der Waals surface area (Å²) in [7, 11) is 0. The fourth-order valence-electron chi connectivity index (χ4n) is 1.55. The average Bonchev–Trinajstić information content (AvgIpc) is 2.32. The van der Waals surface area contributed by atoms with Gasteiger partial charge in [-0.05, 0) is 31.5 Å². The highest BCUT2D eigenvalue weighted by molar-refractivity contribution is 6.29. The van der Waals surface area contributed by atoms with Crippen molar-refractivity contribution in [3.8, 4) is 0 Å². The minimum atomic E-state index is -0.238. The summed E-state index contributed by atoms with van der Waals surface area (Å²) in [4.78, 5) is 19.9. The Morgan fingerprint density at radius 3 is 2.78 bits per heavy atom. The molecule has 0 unspecified atom stereocenters. The number of hydrogen-bond donors (Lipinski definition) is 1. The molecule has 18 heavy (non-hydrogen) atoms. The molecular weight excluding hydrogens is 250 g/mol. The lowest BCUT2D eigenvalue weighted by Crippen LogP contribution is -2.15. The number of nitrogens with one attached hydrogen (secondary N) is 1. The van der Waals surface area contributed by atoms with Crippen molar-refractivity contribution in [3.05, 3.63) is 52.3 Å². The third-order valence-corrected chi connectivity index (χ3v) is 2.70. The van der Waals surface area contributed by atoms with Crippen LogP contribution >= 0.6 is 11.6 Å². The van der Waals surface area contributed by atoms with E-state index in [9.17, 15) is 4.79 Å². The molecule has 0 bridgehead atoms. The third kappa shape index (κ3) is 2.84. The number of carbonyl (C=O) groups is 1. The summed E-state index contributed by atoms with van der Waals surface area (Å²) < 4.78 is 0. The molecule has 0 aliphatic carbocycles. The first kappa shape index (κ1) is 12.5. The maximum Gasteiger partial charge on any atom is 0.258 e. The van der Waals surface area contributed by atoms with E-state index in [1.54, 1.807) is 6.07 Å². The monoisotopic (exact) mass is 261 g/mol. The topological polar surface area (TPSA) is 54.9 Å². The smallest absolute Gasteiger partial charge is 0.258 e. The molecule has 1 aromatic carbocycles. The van der Waals surface area contributed by atoms with Gasteiger partial charge in [-0.15, -0.1) is 0 Å². The summed E-state index contributed by atoms with van der Waals surface area (Å²) in [6.45, 7) is 3.82. The van der Waals surface area contributed by atoms with Crippen molar-refractivity contribution in [1.82, 2.24) is 9.97 Å². The Bertz CT molecular complexity index is 599. The van der Waals surface area contributed by atoms with Crippen molar-refractivity contribution < 1.29 is 4.79 Å². The fraction of sp³-hybridized carbons (Fsp3) is 0.154. The van der Waals surface area contributed by atoms with Gasteiger partial charge in [-0.1, -0.05) is 29.3 Å². The SMILES string of the molecule is Cc1ccc(C)c(C(=O)Nc2nccc(Cl)n2)c1. The Labute approximate surface area is 110 Å². The van der Waals surface area contributed by atoms with E-state index in [0.29, 0.717) is 10.7 Å². The van der Waals surface area contributed by atoms with E-state index >= 15 is 0 Å². The Hall–Kier alpha value is -1.94. The van der Waals surface area contributed by atoms with Crippen LogP contribution in [0.25, 0.3) is 0 Å². The second kappa shape index (κ2) is 5.14. The molecule has 0 atom stereocenters. The number of halogens is 1. The van der Waals surface area contributed by atoms with Crippen LogP contribution in [-0.2, 0) is 0 Å². The van der Waals surface area contributed by atoms with Gasteiger partial charge in [0, 0.05) is 11.8 Å². The first-order valence-corrected chi connectivity index (χ1v) is 5.81. The molecular formula is C13H12ClN3O. The number of benzene rings is 1. The highest BCUT2D eigenvalue weighted by Crippen LogP contribution is 2.13. The highest BCUT2D eigenvalue weighted by Gasteiger charge is 2.10. The van der Waals surface area contributed by atoms with Crippen LogP contribution in [0.2, 0.25) is 5.15 Å². The molecule has 5 heteroatoms. The number of carbonyl (C=O) groups excluding carboxylic acids is 1. The lowest BCUT2D eigenvalue weighted by molar-refractivity contribution is 0.102. The number of rotatable bonds is 2. The quantitative estimate of drug-likeness (QED) is 0.846. The zero-order valence-corrected chi connectivity index (χ0v) is 10.8. The molecule has 2 rings (SSSR count). The summed E-state index contributed by atoms with van der Waals surface area (Å²) in [5.74, 6) is -0.0353. The van der Waals surface area contributed by atoms with Crippen molar-refractivity contribution >= 4 is 23.5 Å². The van der Waals surface area contributed by atoms with Crippen LogP contribution in [0, 0.1) is 13.8 Å². The van der Waals surface area contributed by atoms with E-state index < -0.39 is 0 Å². The van der Waals surface area contributed by atoms with Gasteiger partial charge in [0.05, 0.1) is 0 Å². The fourth-order valence-corrected chi connectivity index (χ4v) is 1.68.